The Bertz CT molecular complexity index is 497. The standard InChI is InChI=1S/C12H21N7O/c1-12(2,7-8(13)20)18-10-15-9(14)16-11(17-10)19-5-3-4-6-19/h3-7H2,1-2H3,(H2,13,20)(H3,14,15,16,17,18). The smallest absolute Gasteiger partial charge is 0.231 e. The van der Waals surface area contributed by atoms with Crippen molar-refractivity contribution in [2.45, 2.75) is 38.6 Å². The number of hydrogen-bond acceptors (Lipinski definition) is 7. The van der Waals surface area contributed by atoms with E-state index < -0.39 is 5.54 Å². The van der Waals surface area contributed by atoms with Crippen LogP contribution in [-0.4, -0.2) is 39.5 Å². The second-order valence-electron chi connectivity index (χ2n) is 5.66. The number of nitrogen functional groups attached to an aromatic ring is 1. The lowest BCUT2D eigenvalue weighted by Crippen LogP contribution is -2.37. The summed E-state index contributed by atoms with van der Waals surface area (Å²) in [5.41, 5.74) is 10.4. The molecule has 0 radical (unpaired) electrons. The van der Waals surface area contributed by atoms with Gasteiger partial charge < -0.3 is 21.7 Å². The van der Waals surface area contributed by atoms with Crippen LogP contribution in [0.5, 0.6) is 0 Å². The number of primary amides is 1. The molecule has 1 aromatic rings. The van der Waals surface area contributed by atoms with E-state index in [2.05, 4.69) is 25.2 Å². The van der Waals surface area contributed by atoms with Crippen molar-refractivity contribution in [2.75, 3.05) is 29.0 Å². The predicted octanol–water partition coefficient (Wildman–Crippen LogP) is 0.120. The molecule has 2 heterocycles. The van der Waals surface area contributed by atoms with Gasteiger partial charge in [-0.25, -0.2) is 0 Å². The van der Waals surface area contributed by atoms with Gasteiger partial charge in [-0.15, -0.1) is 0 Å². The molecule has 1 aliphatic heterocycles. The third-order valence-electron chi connectivity index (χ3n) is 3.10. The normalized spacial score (nSPS) is 15.4. The second kappa shape index (κ2) is 5.48. The van der Waals surface area contributed by atoms with Crippen LogP contribution in [0.1, 0.15) is 33.1 Å². The van der Waals surface area contributed by atoms with E-state index in [1.165, 1.54) is 0 Å². The summed E-state index contributed by atoms with van der Waals surface area (Å²) < 4.78 is 0. The maximum atomic E-state index is 11.0. The highest BCUT2D eigenvalue weighted by Crippen LogP contribution is 2.20. The molecule has 1 saturated heterocycles. The molecule has 0 unspecified atom stereocenters. The molecule has 0 spiro atoms. The molecule has 0 aromatic carbocycles. The first kappa shape index (κ1) is 14.3. The Kier molecular flexibility index (Phi) is 3.91. The van der Waals surface area contributed by atoms with E-state index in [9.17, 15) is 4.79 Å². The van der Waals surface area contributed by atoms with E-state index in [1.54, 1.807) is 0 Å². The zero-order valence-electron chi connectivity index (χ0n) is 11.9. The van der Waals surface area contributed by atoms with Crippen molar-refractivity contribution in [3.8, 4) is 0 Å². The van der Waals surface area contributed by atoms with E-state index in [4.69, 9.17) is 11.5 Å². The highest BCUT2D eigenvalue weighted by molar-refractivity contribution is 5.75. The van der Waals surface area contributed by atoms with Crippen molar-refractivity contribution >= 4 is 23.8 Å². The minimum absolute atomic E-state index is 0.166. The lowest BCUT2D eigenvalue weighted by Gasteiger charge is -2.25. The molecule has 0 atom stereocenters. The number of carbonyl (C=O) groups is 1. The van der Waals surface area contributed by atoms with E-state index in [-0.39, 0.29) is 18.3 Å². The maximum absolute atomic E-state index is 11.0. The third kappa shape index (κ3) is 3.69. The van der Waals surface area contributed by atoms with Crippen LogP contribution in [0.3, 0.4) is 0 Å². The molecular formula is C12H21N7O. The van der Waals surface area contributed by atoms with Gasteiger partial charge in [0.1, 0.15) is 0 Å². The number of anilines is 3. The summed E-state index contributed by atoms with van der Waals surface area (Å²) in [5.74, 6) is 0.724. The number of nitrogens with zero attached hydrogens (tertiary/aromatic N) is 4. The minimum Gasteiger partial charge on any atom is -0.370 e. The van der Waals surface area contributed by atoms with Crippen LogP contribution in [0.15, 0.2) is 0 Å². The first-order chi connectivity index (χ1) is 9.35. The molecule has 0 aliphatic carbocycles. The number of hydrogen-bond donors (Lipinski definition) is 3. The Morgan fingerprint density at radius 1 is 1.30 bits per heavy atom. The molecule has 8 nitrogen and oxygen atoms in total. The molecular weight excluding hydrogens is 258 g/mol. The molecule has 0 saturated carbocycles. The summed E-state index contributed by atoms with van der Waals surface area (Å²) in [7, 11) is 0. The van der Waals surface area contributed by atoms with Gasteiger partial charge in [-0.3, -0.25) is 4.79 Å². The summed E-state index contributed by atoms with van der Waals surface area (Å²) in [5, 5.41) is 3.08. The van der Waals surface area contributed by atoms with Gasteiger partial charge in [-0.2, -0.15) is 15.0 Å². The van der Waals surface area contributed by atoms with Crippen molar-refractivity contribution < 1.29 is 4.79 Å². The Labute approximate surface area is 118 Å². The van der Waals surface area contributed by atoms with Crippen LogP contribution in [0.4, 0.5) is 17.8 Å². The van der Waals surface area contributed by atoms with Gasteiger partial charge in [0.25, 0.3) is 0 Å². The van der Waals surface area contributed by atoms with Crippen molar-refractivity contribution in [3.63, 3.8) is 0 Å². The average molecular weight is 279 g/mol. The van der Waals surface area contributed by atoms with Crippen LogP contribution in [0.2, 0.25) is 0 Å². The molecule has 2 rings (SSSR count). The summed E-state index contributed by atoms with van der Waals surface area (Å²) in [6.45, 7) is 5.56. The van der Waals surface area contributed by atoms with Gasteiger partial charge >= 0.3 is 0 Å². The Hall–Kier alpha value is -2.12. The molecule has 1 aliphatic rings. The van der Waals surface area contributed by atoms with Crippen LogP contribution in [0.25, 0.3) is 0 Å². The van der Waals surface area contributed by atoms with Crippen molar-refractivity contribution in [1.82, 2.24) is 15.0 Å². The molecule has 5 N–H and O–H groups in total. The lowest BCUT2D eigenvalue weighted by molar-refractivity contribution is -0.118. The fraction of sp³-hybridized carbons (Fsp3) is 0.667. The van der Waals surface area contributed by atoms with Crippen LogP contribution < -0.4 is 21.7 Å². The van der Waals surface area contributed by atoms with Crippen LogP contribution in [0, 0.1) is 0 Å². The fourth-order valence-corrected chi connectivity index (χ4v) is 2.28. The van der Waals surface area contributed by atoms with E-state index in [0.717, 1.165) is 25.9 Å². The zero-order valence-corrected chi connectivity index (χ0v) is 11.9. The molecule has 1 aromatic heterocycles. The Balaban J connectivity index is 2.17. The topological polar surface area (TPSA) is 123 Å². The number of rotatable bonds is 5. The Morgan fingerprint density at radius 2 is 1.95 bits per heavy atom. The molecule has 8 heteroatoms. The van der Waals surface area contributed by atoms with Gasteiger partial charge in [0, 0.05) is 25.0 Å². The van der Waals surface area contributed by atoms with Crippen molar-refractivity contribution in [1.29, 1.82) is 0 Å². The molecule has 1 fully saturated rings. The number of nitrogens with two attached hydrogens (primary N) is 2. The van der Waals surface area contributed by atoms with Gasteiger partial charge in [0.2, 0.25) is 23.8 Å². The number of aromatic nitrogens is 3. The number of nitrogens with one attached hydrogen (secondary N) is 1. The lowest BCUT2D eigenvalue weighted by atomic mass is 10.0. The second-order valence-corrected chi connectivity index (χ2v) is 5.66. The van der Waals surface area contributed by atoms with Crippen molar-refractivity contribution in [3.05, 3.63) is 0 Å². The van der Waals surface area contributed by atoms with Gasteiger partial charge in [0.15, 0.2) is 0 Å². The minimum atomic E-state index is -0.540. The average Bonchev–Trinajstić information content (AvgIpc) is 2.78. The molecule has 0 bridgehead atoms. The molecule has 1 amide bonds. The summed E-state index contributed by atoms with van der Waals surface area (Å²) in [6, 6.07) is 0. The zero-order chi connectivity index (χ0) is 14.8. The molecule has 20 heavy (non-hydrogen) atoms. The number of amides is 1. The quantitative estimate of drug-likeness (QED) is 0.699. The third-order valence-corrected chi connectivity index (χ3v) is 3.10. The highest BCUT2D eigenvalue weighted by Gasteiger charge is 2.23. The van der Waals surface area contributed by atoms with Crippen molar-refractivity contribution in [2.24, 2.45) is 5.73 Å². The van der Waals surface area contributed by atoms with E-state index in [1.807, 2.05) is 13.8 Å². The van der Waals surface area contributed by atoms with Gasteiger partial charge in [-0.1, -0.05) is 0 Å². The summed E-state index contributed by atoms with van der Waals surface area (Å²) >= 11 is 0. The van der Waals surface area contributed by atoms with Gasteiger partial charge in [-0.05, 0) is 26.7 Å². The first-order valence-corrected chi connectivity index (χ1v) is 6.69. The molecule has 110 valence electrons. The number of carbonyl (C=O) groups excluding carboxylic acids is 1. The van der Waals surface area contributed by atoms with E-state index in [0.29, 0.717) is 11.9 Å². The Morgan fingerprint density at radius 3 is 2.55 bits per heavy atom. The van der Waals surface area contributed by atoms with Crippen LogP contribution in [-0.2, 0) is 4.79 Å². The first-order valence-electron chi connectivity index (χ1n) is 6.69. The van der Waals surface area contributed by atoms with Gasteiger partial charge in [0.05, 0.1) is 0 Å². The predicted molar refractivity (Wildman–Crippen MR) is 77.2 cm³/mol. The summed E-state index contributed by atoms with van der Waals surface area (Å²) in [4.78, 5) is 25.7. The fourth-order valence-electron chi connectivity index (χ4n) is 2.28. The maximum Gasteiger partial charge on any atom is 0.231 e. The summed E-state index contributed by atoms with van der Waals surface area (Å²) in [6.07, 6.45) is 2.43. The van der Waals surface area contributed by atoms with E-state index >= 15 is 0 Å². The largest absolute Gasteiger partial charge is 0.370 e. The van der Waals surface area contributed by atoms with Crippen LogP contribution >= 0.6 is 0 Å². The monoisotopic (exact) mass is 279 g/mol. The highest BCUT2D eigenvalue weighted by atomic mass is 16.1. The SMILES string of the molecule is CC(C)(CC(N)=O)Nc1nc(N)nc(N2CCCC2)n1.